The van der Waals surface area contributed by atoms with E-state index in [1.807, 2.05) is 54.6 Å². The summed E-state index contributed by atoms with van der Waals surface area (Å²) in [6, 6.07) is 25.5. The van der Waals surface area contributed by atoms with Crippen molar-refractivity contribution in [2.75, 3.05) is 33.4 Å². The van der Waals surface area contributed by atoms with Gasteiger partial charge in [-0.15, -0.1) is 0 Å². The van der Waals surface area contributed by atoms with Gasteiger partial charge in [-0.25, -0.2) is 0 Å². The first kappa shape index (κ1) is 29.9. The van der Waals surface area contributed by atoms with Gasteiger partial charge in [-0.05, 0) is 55.3 Å². The normalized spacial score (nSPS) is 9.79. The predicted molar refractivity (Wildman–Crippen MR) is 151 cm³/mol. The molecular formula is C30H37N3O5. The summed E-state index contributed by atoms with van der Waals surface area (Å²) in [6.07, 6.45) is 1.61. The maximum Gasteiger partial charge on any atom is 0.267 e. The summed E-state index contributed by atoms with van der Waals surface area (Å²) >= 11 is 0. The van der Waals surface area contributed by atoms with Gasteiger partial charge in [0.2, 0.25) is 6.41 Å². The molecule has 0 aliphatic heterocycles. The SMILES string of the molecule is CCc1cccc(OCCO)c1.COc1ccc2[nH]c(C(=O)NCCNC=O)cc2c1.Cc1ccccc1. The van der Waals surface area contributed by atoms with E-state index in [2.05, 4.69) is 47.7 Å². The summed E-state index contributed by atoms with van der Waals surface area (Å²) < 4.78 is 10.4. The molecule has 2 amide bonds. The van der Waals surface area contributed by atoms with Crippen LogP contribution in [0.25, 0.3) is 10.9 Å². The van der Waals surface area contributed by atoms with Gasteiger partial charge in [0, 0.05) is 24.0 Å². The highest BCUT2D eigenvalue weighted by Crippen LogP contribution is 2.21. The molecule has 0 bridgehead atoms. The molecule has 1 aromatic heterocycles. The molecule has 0 aliphatic rings. The molecule has 8 heteroatoms. The van der Waals surface area contributed by atoms with Crippen molar-refractivity contribution in [3.63, 3.8) is 0 Å². The Morgan fingerprint density at radius 1 is 0.974 bits per heavy atom. The number of fused-ring (bicyclic) bond motifs is 1. The number of benzene rings is 3. The van der Waals surface area contributed by atoms with E-state index in [9.17, 15) is 9.59 Å². The summed E-state index contributed by atoms with van der Waals surface area (Å²) in [5.74, 6) is 1.37. The van der Waals surface area contributed by atoms with E-state index < -0.39 is 0 Å². The van der Waals surface area contributed by atoms with Crippen LogP contribution >= 0.6 is 0 Å². The van der Waals surface area contributed by atoms with E-state index in [0.29, 0.717) is 31.8 Å². The fraction of sp³-hybridized carbons (Fsp3) is 0.267. The monoisotopic (exact) mass is 519 g/mol. The van der Waals surface area contributed by atoms with Crippen molar-refractivity contribution in [1.29, 1.82) is 0 Å². The number of aromatic amines is 1. The molecule has 3 aromatic carbocycles. The molecular weight excluding hydrogens is 482 g/mol. The van der Waals surface area contributed by atoms with Crippen molar-refractivity contribution in [3.05, 3.63) is 95.7 Å². The summed E-state index contributed by atoms with van der Waals surface area (Å²) in [5.41, 5.74) is 3.93. The maximum absolute atomic E-state index is 11.8. The third-order valence-corrected chi connectivity index (χ3v) is 5.32. The van der Waals surface area contributed by atoms with Crippen LogP contribution in [0.4, 0.5) is 0 Å². The second kappa shape index (κ2) is 17.2. The van der Waals surface area contributed by atoms with Crippen LogP contribution in [0.5, 0.6) is 11.5 Å². The van der Waals surface area contributed by atoms with Crippen LogP contribution in [-0.4, -0.2) is 55.8 Å². The second-order valence-electron chi connectivity index (χ2n) is 8.19. The quantitative estimate of drug-likeness (QED) is 0.185. The van der Waals surface area contributed by atoms with Gasteiger partial charge in [-0.2, -0.15) is 0 Å². The van der Waals surface area contributed by atoms with Crippen molar-refractivity contribution in [2.24, 2.45) is 0 Å². The van der Waals surface area contributed by atoms with Gasteiger partial charge in [0.05, 0.1) is 13.7 Å². The number of nitrogens with one attached hydrogen (secondary N) is 3. The summed E-state index contributed by atoms with van der Waals surface area (Å²) in [5, 5.41) is 14.6. The van der Waals surface area contributed by atoms with E-state index >= 15 is 0 Å². The van der Waals surface area contributed by atoms with E-state index in [0.717, 1.165) is 28.8 Å². The molecule has 0 atom stereocenters. The number of hydrogen-bond donors (Lipinski definition) is 4. The first-order valence-electron chi connectivity index (χ1n) is 12.5. The lowest BCUT2D eigenvalue weighted by Gasteiger charge is -2.04. The number of H-pyrrole nitrogens is 1. The fourth-order valence-corrected chi connectivity index (χ4v) is 3.32. The van der Waals surface area contributed by atoms with Crippen LogP contribution in [0.15, 0.2) is 78.9 Å². The van der Waals surface area contributed by atoms with Gasteiger partial charge in [0.25, 0.3) is 5.91 Å². The zero-order chi connectivity index (χ0) is 27.6. The van der Waals surface area contributed by atoms with Crippen molar-refractivity contribution in [3.8, 4) is 11.5 Å². The second-order valence-corrected chi connectivity index (χ2v) is 8.19. The predicted octanol–water partition coefficient (Wildman–Crippen LogP) is 4.27. The molecule has 8 nitrogen and oxygen atoms in total. The standard InChI is InChI=1S/C13H15N3O3.C10H14O2.C7H8/c1-19-10-2-3-11-9(6-10)7-12(16-11)13(18)15-5-4-14-8-17;1-2-9-4-3-5-10(8-9)12-7-6-11;1-7-5-3-2-4-6-7/h2-3,6-8,16H,4-5H2,1H3,(H,14,17)(H,15,18);3-5,8,11H,2,6-7H2,1H3;2-6H,1H3. The number of methoxy groups -OCH3 is 1. The van der Waals surface area contributed by atoms with Crippen LogP contribution < -0.4 is 20.1 Å². The number of aliphatic hydroxyl groups excluding tert-OH is 1. The first-order chi connectivity index (χ1) is 18.5. The molecule has 0 unspecified atom stereocenters. The van der Waals surface area contributed by atoms with Crippen molar-refractivity contribution in [1.82, 2.24) is 15.6 Å². The number of aryl methyl sites for hydroxylation is 2. The molecule has 38 heavy (non-hydrogen) atoms. The Morgan fingerprint density at radius 3 is 2.39 bits per heavy atom. The van der Waals surface area contributed by atoms with Crippen molar-refractivity contribution >= 4 is 23.2 Å². The Morgan fingerprint density at radius 2 is 1.76 bits per heavy atom. The topological polar surface area (TPSA) is 113 Å². The number of aliphatic hydroxyl groups is 1. The average molecular weight is 520 g/mol. The number of carbonyl (C=O) groups is 2. The Labute approximate surface area is 224 Å². The van der Waals surface area contributed by atoms with E-state index in [-0.39, 0.29) is 12.5 Å². The molecule has 0 saturated heterocycles. The molecule has 0 aliphatic carbocycles. The van der Waals surface area contributed by atoms with Crippen LogP contribution in [0.3, 0.4) is 0 Å². The minimum absolute atomic E-state index is 0.0658. The van der Waals surface area contributed by atoms with Crippen molar-refractivity contribution in [2.45, 2.75) is 20.3 Å². The van der Waals surface area contributed by atoms with Gasteiger partial charge in [0.1, 0.15) is 23.8 Å². The summed E-state index contributed by atoms with van der Waals surface area (Å²) in [7, 11) is 1.60. The highest BCUT2D eigenvalue weighted by atomic mass is 16.5. The summed E-state index contributed by atoms with van der Waals surface area (Å²) in [4.78, 5) is 24.9. The lowest BCUT2D eigenvalue weighted by molar-refractivity contribution is -0.109. The Balaban J connectivity index is 0.000000226. The first-order valence-corrected chi connectivity index (χ1v) is 12.5. The zero-order valence-corrected chi connectivity index (χ0v) is 22.2. The Bertz CT molecular complexity index is 1240. The van der Waals surface area contributed by atoms with E-state index in [1.54, 1.807) is 13.2 Å². The molecule has 0 fully saturated rings. The number of aromatic nitrogens is 1. The highest BCUT2D eigenvalue weighted by Gasteiger charge is 2.09. The highest BCUT2D eigenvalue weighted by molar-refractivity contribution is 5.98. The van der Waals surface area contributed by atoms with Gasteiger partial charge in [0.15, 0.2) is 0 Å². The molecule has 202 valence electrons. The molecule has 0 spiro atoms. The minimum atomic E-state index is -0.206. The van der Waals surface area contributed by atoms with E-state index in [1.165, 1.54) is 11.1 Å². The Hall–Kier alpha value is -4.30. The molecule has 0 saturated carbocycles. The average Bonchev–Trinajstić information content (AvgIpc) is 3.39. The van der Waals surface area contributed by atoms with Gasteiger partial charge >= 0.3 is 0 Å². The molecule has 4 rings (SSSR count). The lowest BCUT2D eigenvalue weighted by atomic mass is 10.2. The maximum atomic E-state index is 11.8. The van der Waals surface area contributed by atoms with Crippen LogP contribution in [-0.2, 0) is 11.2 Å². The number of rotatable bonds is 10. The molecule has 4 N–H and O–H groups in total. The van der Waals surface area contributed by atoms with E-state index in [4.69, 9.17) is 14.6 Å². The van der Waals surface area contributed by atoms with Gasteiger partial charge in [-0.1, -0.05) is 55.0 Å². The largest absolute Gasteiger partial charge is 0.497 e. The third-order valence-electron chi connectivity index (χ3n) is 5.32. The Kier molecular flexibility index (Phi) is 13.6. The number of ether oxygens (including phenoxy) is 2. The van der Waals surface area contributed by atoms with Crippen LogP contribution in [0.2, 0.25) is 0 Å². The lowest BCUT2D eigenvalue weighted by Crippen LogP contribution is -2.31. The number of amides is 2. The van der Waals surface area contributed by atoms with Crippen molar-refractivity contribution < 1.29 is 24.2 Å². The molecule has 4 aromatic rings. The van der Waals surface area contributed by atoms with Crippen LogP contribution in [0, 0.1) is 6.92 Å². The summed E-state index contributed by atoms with van der Waals surface area (Å²) in [6.45, 7) is 5.41. The smallest absolute Gasteiger partial charge is 0.267 e. The third kappa shape index (κ3) is 10.8. The zero-order valence-electron chi connectivity index (χ0n) is 22.2. The molecule has 0 radical (unpaired) electrons. The van der Waals surface area contributed by atoms with Gasteiger partial charge < -0.3 is 30.2 Å². The fourth-order valence-electron chi connectivity index (χ4n) is 3.32. The molecule has 1 heterocycles. The number of carbonyl (C=O) groups excluding carboxylic acids is 2. The number of hydrogen-bond acceptors (Lipinski definition) is 5. The van der Waals surface area contributed by atoms with Crippen LogP contribution in [0.1, 0.15) is 28.5 Å². The van der Waals surface area contributed by atoms with Gasteiger partial charge in [-0.3, -0.25) is 9.59 Å². The minimum Gasteiger partial charge on any atom is -0.497 e.